The Morgan fingerprint density at radius 1 is 1.37 bits per heavy atom. The third-order valence-corrected chi connectivity index (χ3v) is 5.13. The second-order valence-corrected chi connectivity index (χ2v) is 6.87. The molecule has 1 aromatic rings. The summed E-state index contributed by atoms with van der Waals surface area (Å²) in [5.41, 5.74) is 0. The molecule has 1 fully saturated rings. The average molecular weight is 287 g/mol. The second kappa shape index (κ2) is 5.98. The highest BCUT2D eigenvalue weighted by atomic mass is 32.2. The van der Waals surface area contributed by atoms with Crippen LogP contribution in [0.1, 0.15) is 12.8 Å². The van der Waals surface area contributed by atoms with Crippen molar-refractivity contribution < 1.29 is 17.5 Å². The van der Waals surface area contributed by atoms with E-state index in [1.165, 1.54) is 16.4 Å². The fourth-order valence-corrected chi connectivity index (χ4v) is 3.45. The monoisotopic (exact) mass is 287 g/mol. The minimum Gasteiger partial charge on any atom is -0.381 e. The molecule has 0 aliphatic carbocycles. The van der Waals surface area contributed by atoms with Crippen molar-refractivity contribution >= 4 is 10.0 Å². The predicted molar refractivity (Wildman–Crippen MR) is 69.8 cm³/mol. The van der Waals surface area contributed by atoms with Gasteiger partial charge in [-0.05, 0) is 43.0 Å². The number of nitrogens with zero attached hydrogens (tertiary/aromatic N) is 1. The van der Waals surface area contributed by atoms with Crippen molar-refractivity contribution in [3.05, 3.63) is 30.1 Å². The summed E-state index contributed by atoms with van der Waals surface area (Å²) in [6.07, 6.45) is 1.94. The van der Waals surface area contributed by atoms with Gasteiger partial charge in [-0.1, -0.05) is 0 Å². The molecule has 1 saturated heterocycles. The lowest BCUT2D eigenvalue weighted by Gasteiger charge is -2.26. The SMILES string of the molecule is CN(CC1CCCOC1)S(=O)(=O)c1ccc(F)cc1. The van der Waals surface area contributed by atoms with Gasteiger partial charge in [0, 0.05) is 20.2 Å². The zero-order chi connectivity index (χ0) is 13.9. The zero-order valence-corrected chi connectivity index (χ0v) is 11.7. The van der Waals surface area contributed by atoms with Gasteiger partial charge in [-0.15, -0.1) is 0 Å². The highest BCUT2D eigenvalue weighted by molar-refractivity contribution is 7.89. The van der Waals surface area contributed by atoms with Gasteiger partial charge >= 0.3 is 0 Å². The Morgan fingerprint density at radius 2 is 2.05 bits per heavy atom. The number of benzene rings is 1. The van der Waals surface area contributed by atoms with Gasteiger partial charge in [-0.2, -0.15) is 0 Å². The highest BCUT2D eigenvalue weighted by Gasteiger charge is 2.25. The summed E-state index contributed by atoms with van der Waals surface area (Å²) in [5, 5.41) is 0. The first kappa shape index (κ1) is 14.4. The van der Waals surface area contributed by atoms with Crippen LogP contribution in [0.3, 0.4) is 0 Å². The van der Waals surface area contributed by atoms with Gasteiger partial charge in [-0.25, -0.2) is 17.1 Å². The van der Waals surface area contributed by atoms with E-state index in [9.17, 15) is 12.8 Å². The Bertz CT molecular complexity index is 509. The molecule has 1 aliphatic rings. The minimum absolute atomic E-state index is 0.119. The van der Waals surface area contributed by atoms with Crippen LogP contribution in [-0.4, -0.2) is 39.5 Å². The number of hydrogen-bond donors (Lipinski definition) is 0. The Hall–Kier alpha value is -0.980. The lowest BCUT2D eigenvalue weighted by Crippen LogP contribution is -2.35. The molecular formula is C13H18FNO3S. The quantitative estimate of drug-likeness (QED) is 0.849. The highest BCUT2D eigenvalue weighted by Crippen LogP contribution is 2.19. The van der Waals surface area contributed by atoms with Gasteiger partial charge in [0.05, 0.1) is 11.5 Å². The molecule has 19 heavy (non-hydrogen) atoms. The number of hydrogen-bond acceptors (Lipinski definition) is 3. The van der Waals surface area contributed by atoms with E-state index < -0.39 is 15.8 Å². The molecule has 4 nitrogen and oxygen atoms in total. The van der Waals surface area contributed by atoms with Crippen LogP contribution in [0.4, 0.5) is 4.39 Å². The van der Waals surface area contributed by atoms with Crippen molar-refractivity contribution in [3.63, 3.8) is 0 Å². The third kappa shape index (κ3) is 3.52. The predicted octanol–water partition coefficient (Wildman–Crippen LogP) is 1.87. The first-order valence-corrected chi connectivity index (χ1v) is 7.74. The Balaban J connectivity index is 2.07. The van der Waals surface area contributed by atoms with Crippen LogP contribution in [0, 0.1) is 11.7 Å². The van der Waals surface area contributed by atoms with E-state index in [1.54, 1.807) is 7.05 Å². The lowest BCUT2D eigenvalue weighted by molar-refractivity contribution is 0.0495. The number of halogens is 1. The van der Waals surface area contributed by atoms with E-state index in [4.69, 9.17) is 4.74 Å². The average Bonchev–Trinajstić information content (AvgIpc) is 2.40. The van der Waals surface area contributed by atoms with E-state index in [-0.39, 0.29) is 10.8 Å². The molecule has 0 spiro atoms. The Morgan fingerprint density at radius 3 is 2.63 bits per heavy atom. The second-order valence-electron chi connectivity index (χ2n) is 4.82. The van der Waals surface area contributed by atoms with Crippen LogP contribution in [-0.2, 0) is 14.8 Å². The smallest absolute Gasteiger partial charge is 0.242 e. The summed E-state index contributed by atoms with van der Waals surface area (Å²) >= 11 is 0. The maximum Gasteiger partial charge on any atom is 0.242 e. The fourth-order valence-electron chi connectivity index (χ4n) is 2.20. The third-order valence-electron chi connectivity index (χ3n) is 3.29. The molecule has 1 unspecified atom stereocenters. The molecule has 1 aliphatic heterocycles. The first-order chi connectivity index (χ1) is 9.00. The molecule has 0 saturated carbocycles. The molecule has 2 rings (SSSR count). The van der Waals surface area contributed by atoms with Crippen molar-refractivity contribution in [2.75, 3.05) is 26.8 Å². The van der Waals surface area contributed by atoms with Crippen molar-refractivity contribution in [2.45, 2.75) is 17.7 Å². The topological polar surface area (TPSA) is 46.6 Å². The van der Waals surface area contributed by atoms with Crippen molar-refractivity contribution in [1.29, 1.82) is 0 Å². The fraction of sp³-hybridized carbons (Fsp3) is 0.538. The summed E-state index contributed by atoms with van der Waals surface area (Å²) in [4.78, 5) is 0.119. The van der Waals surface area contributed by atoms with Gasteiger partial charge < -0.3 is 4.74 Å². The molecule has 1 heterocycles. The molecule has 6 heteroatoms. The summed E-state index contributed by atoms with van der Waals surface area (Å²) in [6, 6.07) is 4.89. The van der Waals surface area contributed by atoms with Crippen molar-refractivity contribution in [2.24, 2.45) is 5.92 Å². The van der Waals surface area contributed by atoms with E-state index in [0.29, 0.717) is 13.2 Å². The maximum absolute atomic E-state index is 12.8. The normalized spacial score (nSPS) is 20.7. The van der Waals surface area contributed by atoms with E-state index >= 15 is 0 Å². The maximum atomic E-state index is 12.8. The van der Waals surface area contributed by atoms with Crippen molar-refractivity contribution in [3.8, 4) is 0 Å². The van der Waals surface area contributed by atoms with E-state index in [1.807, 2.05) is 0 Å². The number of sulfonamides is 1. The Labute approximate surface area is 113 Å². The van der Waals surface area contributed by atoms with Crippen molar-refractivity contribution in [1.82, 2.24) is 4.31 Å². The van der Waals surface area contributed by atoms with Crippen LogP contribution < -0.4 is 0 Å². The van der Waals surface area contributed by atoms with Gasteiger partial charge in [-0.3, -0.25) is 0 Å². The van der Waals surface area contributed by atoms with Gasteiger partial charge in [0.25, 0.3) is 0 Å². The van der Waals surface area contributed by atoms with Crippen LogP contribution in [0.15, 0.2) is 29.2 Å². The molecule has 0 N–H and O–H groups in total. The van der Waals surface area contributed by atoms with Gasteiger partial charge in [0.1, 0.15) is 5.82 Å². The number of ether oxygens (including phenoxy) is 1. The first-order valence-electron chi connectivity index (χ1n) is 6.30. The molecule has 0 aromatic heterocycles. The van der Waals surface area contributed by atoms with E-state index in [2.05, 4.69) is 0 Å². The standard InChI is InChI=1S/C13H18FNO3S/c1-15(9-11-3-2-8-18-10-11)19(16,17)13-6-4-12(14)5-7-13/h4-7,11H,2-3,8-10H2,1H3. The Kier molecular flexibility index (Phi) is 4.54. The number of rotatable bonds is 4. The minimum atomic E-state index is -3.54. The van der Waals surface area contributed by atoms with Crippen LogP contribution in [0.5, 0.6) is 0 Å². The van der Waals surface area contributed by atoms with Crippen LogP contribution >= 0.6 is 0 Å². The molecule has 0 radical (unpaired) electrons. The molecule has 1 aromatic carbocycles. The van der Waals surface area contributed by atoms with Crippen LogP contribution in [0.25, 0.3) is 0 Å². The molecular weight excluding hydrogens is 269 g/mol. The van der Waals surface area contributed by atoms with Gasteiger partial charge in [0.2, 0.25) is 10.0 Å². The van der Waals surface area contributed by atoms with Crippen LogP contribution in [0.2, 0.25) is 0 Å². The zero-order valence-electron chi connectivity index (χ0n) is 10.9. The van der Waals surface area contributed by atoms with E-state index in [0.717, 1.165) is 31.6 Å². The molecule has 0 bridgehead atoms. The summed E-state index contributed by atoms with van der Waals surface area (Å²) in [5.74, 6) is -0.212. The molecule has 0 amide bonds. The largest absolute Gasteiger partial charge is 0.381 e. The van der Waals surface area contributed by atoms with Gasteiger partial charge in [0.15, 0.2) is 0 Å². The lowest BCUT2D eigenvalue weighted by atomic mass is 10.0. The molecule has 106 valence electrons. The summed E-state index contributed by atoms with van der Waals surface area (Å²) in [7, 11) is -2.00. The molecule has 1 atom stereocenters. The summed E-state index contributed by atoms with van der Waals surface area (Å²) < 4.78 is 44.0. The summed E-state index contributed by atoms with van der Waals surface area (Å²) in [6.45, 7) is 1.79.